The molecular weight excluding hydrogens is 358 g/mol. The first-order valence-electron chi connectivity index (χ1n) is 9.01. The molecule has 6 heteroatoms. The molecule has 140 valence electrons. The minimum atomic E-state index is -0.921. The van der Waals surface area contributed by atoms with Gasteiger partial charge in [-0.1, -0.05) is 56.3 Å². The van der Waals surface area contributed by atoms with Gasteiger partial charge in [0.05, 0.1) is 5.56 Å². The summed E-state index contributed by atoms with van der Waals surface area (Å²) in [5, 5.41) is 12.5. The molecular formula is C21H23N3O2S. The maximum absolute atomic E-state index is 11.4. The van der Waals surface area contributed by atoms with Crippen LogP contribution in [0.25, 0.3) is 11.1 Å². The Bertz CT molecular complexity index is 987. The third kappa shape index (κ3) is 4.71. The number of aromatic carboxylic acids is 1. The van der Waals surface area contributed by atoms with Crippen LogP contribution < -0.4 is 0 Å². The van der Waals surface area contributed by atoms with E-state index in [1.165, 1.54) is 0 Å². The third-order valence-electron chi connectivity index (χ3n) is 4.49. The summed E-state index contributed by atoms with van der Waals surface area (Å²) in [5.74, 6) is 0.602. The van der Waals surface area contributed by atoms with Gasteiger partial charge in [0, 0.05) is 13.0 Å². The van der Waals surface area contributed by atoms with Crippen LogP contribution in [0.15, 0.2) is 48.5 Å². The number of rotatable bonds is 7. The standard InChI is InChI=1S/C21H23N3O2S/c1-14(2)11-12-24-19(22-21(27)23-24)13-15-7-9-16(10-8-15)17-5-3-4-6-18(17)20(25)26/h3-10,14H,11-13H2,1-2H3,(H,23,27)(H,25,26). The SMILES string of the molecule is CC(C)CCn1[nH]c(=S)nc1Cc1ccc(-c2ccccc2C(=O)O)cc1. The predicted octanol–water partition coefficient (Wildman–Crippen LogP) is 4.94. The second-order valence-electron chi connectivity index (χ2n) is 7.00. The largest absolute Gasteiger partial charge is 0.478 e. The van der Waals surface area contributed by atoms with Crippen molar-refractivity contribution in [3.63, 3.8) is 0 Å². The Morgan fingerprint density at radius 1 is 1.19 bits per heavy atom. The zero-order valence-corrected chi connectivity index (χ0v) is 16.3. The molecule has 3 rings (SSSR count). The molecule has 0 spiro atoms. The zero-order chi connectivity index (χ0) is 19.4. The summed E-state index contributed by atoms with van der Waals surface area (Å²) < 4.78 is 2.52. The number of nitrogens with one attached hydrogen (secondary N) is 1. The second kappa shape index (κ2) is 8.31. The number of aromatic amines is 1. The van der Waals surface area contributed by atoms with Crippen molar-refractivity contribution in [3.8, 4) is 11.1 Å². The maximum atomic E-state index is 11.4. The summed E-state index contributed by atoms with van der Waals surface area (Å²) in [6.45, 7) is 5.25. The van der Waals surface area contributed by atoms with Gasteiger partial charge in [-0.25, -0.2) is 9.78 Å². The monoisotopic (exact) mass is 381 g/mol. The molecule has 0 saturated heterocycles. The van der Waals surface area contributed by atoms with Crippen molar-refractivity contribution in [3.05, 3.63) is 70.3 Å². The highest BCUT2D eigenvalue weighted by Gasteiger charge is 2.11. The molecule has 1 aromatic heterocycles. The van der Waals surface area contributed by atoms with Gasteiger partial charge in [-0.05, 0) is 47.3 Å². The van der Waals surface area contributed by atoms with E-state index < -0.39 is 5.97 Å². The summed E-state index contributed by atoms with van der Waals surface area (Å²) in [7, 11) is 0. The average Bonchev–Trinajstić information content (AvgIpc) is 3.00. The molecule has 0 unspecified atom stereocenters. The first kappa shape index (κ1) is 19.0. The van der Waals surface area contributed by atoms with E-state index in [9.17, 15) is 9.90 Å². The van der Waals surface area contributed by atoms with Crippen LogP contribution in [0.5, 0.6) is 0 Å². The smallest absolute Gasteiger partial charge is 0.336 e. The highest BCUT2D eigenvalue weighted by molar-refractivity contribution is 7.71. The molecule has 0 saturated carbocycles. The molecule has 3 aromatic rings. The summed E-state index contributed by atoms with van der Waals surface area (Å²) in [5.41, 5.74) is 3.01. The van der Waals surface area contributed by atoms with E-state index in [1.807, 2.05) is 41.1 Å². The van der Waals surface area contributed by atoms with E-state index in [1.54, 1.807) is 12.1 Å². The van der Waals surface area contributed by atoms with Crippen molar-refractivity contribution in [2.75, 3.05) is 0 Å². The van der Waals surface area contributed by atoms with E-state index >= 15 is 0 Å². The molecule has 0 radical (unpaired) electrons. The molecule has 0 aliphatic carbocycles. The Labute approximate surface area is 163 Å². The molecule has 2 aromatic carbocycles. The quantitative estimate of drug-likeness (QED) is 0.569. The lowest BCUT2D eigenvalue weighted by molar-refractivity contribution is 0.0697. The van der Waals surface area contributed by atoms with Crippen LogP contribution in [0, 0.1) is 10.7 Å². The van der Waals surface area contributed by atoms with Crippen LogP contribution in [0.4, 0.5) is 0 Å². The van der Waals surface area contributed by atoms with Gasteiger partial charge in [0.2, 0.25) is 4.77 Å². The molecule has 27 heavy (non-hydrogen) atoms. The van der Waals surface area contributed by atoms with Crippen LogP contribution >= 0.6 is 12.2 Å². The molecule has 0 aliphatic heterocycles. The Hall–Kier alpha value is -2.73. The zero-order valence-electron chi connectivity index (χ0n) is 15.5. The lowest BCUT2D eigenvalue weighted by atomic mass is 9.98. The van der Waals surface area contributed by atoms with E-state index in [0.29, 0.717) is 22.7 Å². The summed E-state index contributed by atoms with van der Waals surface area (Å²) in [6, 6.07) is 15.0. The predicted molar refractivity (Wildman–Crippen MR) is 109 cm³/mol. The van der Waals surface area contributed by atoms with Crippen LogP contribution in [0.1, 0.15) is 42.0 Å². The first-order valence-corrected chi connectivity index (χ1v) is 9.42. The fourth-order valence-electron chi connectivity index (χ4n) is 3.00. The van der Waals surface area contributed by atoms with Gasteiger partial charge in [0.15, 0.2) is 0 Å². The number of carboxylic acid groups (broad SMARTS) is 1. The van der Waals surface area contributed by atoms with Gasteiger partial charge < -0.3 is 5.11 Å². The molecule has 0 amide bonds. The second-order valence-corrected chi connectivity index (χ2v) is 7.39. The molecule has 2 N–H and O–H groups in total. The lowest BCUT2D eigenvalue weighted by Crippen LogP contribution is -2.08. The number of benzene rings is 2. The van der Waals surface area contributed by atoms with Gasteiger partial charge in [-0.2, -0.15) is 0 Å². The maximum Gasteiger partial charge on any atom is 0.336 e. The van der Waals surface area contributed by atoms with Crippen molar-refractivity contribution in [2.24, 2.45) is 5.92 Å². The Morgan fingerprint density at radius 3 is 2.56 bits per heavy atom. The average molecular weight is 382 g/mol. The van der Waals surface area contributed by atoms with Crippen LogP contribution in [0.3, 0.4) is 0 Å². The highest BCUT2D eigenvalue weighted by Crippen LogP contribution is 2.24. The third-order valence-corrected chi connectivity index (χ3v) is 4.67. The van der Waals surface area contributed by atoms with E-state index in [4.69, 9.17) is 12.2 Å². The minimum Gasteiger partial charge on any atom is -0.478 e. The Balaban J connectivity index is 1.82. The van der Waals surface area contributed by atoms with Gasteiger partial charge in [-0.3, -0.25) is 9.78 Å². The van der Waals surface area contributed by atoms with Crippen molar-refractivity contribution >= 4 is 18.2 Å². The normalized spacial score (nSPS) is 11.1. The molecule has 0 aliphatic rings. The number of hydrogen-bond donors (Lipinski definition) is 2. The van der Waals surface area contributed by atoms with Crippen LogP contribution in [-0.2, 0) is 13.0 Å². The molecule has 0 bridgehead atoms. The molecule has 1 heterocycles. The fraction of sp³-hybridized carbons (Fsp3) is 0.286. The molecule has 5 nitrogen and oxygen atoms in total. The van der Waals surface area contributed by atoms with Crippen LogP contribution in [-0.4, -0.2) is 25.8 Å². The Kier molecular flexibility index (Phi) is 5.86. The first-order chi connectivity index (χ1) is 12.9. The number of aromatic nitrogens is 3. The summed E-state index contributed by atoms with van der Waals surface area (Å²) >= 11 is 5.20. The summed E-state index contributed by atoms with van der Waals surface area (Å²) in [6.07, 6.45) is 1.73. The number of carbonyl (C=O) groups is 1. The number of carboxylic acids is 1. The number of H-pyrrole nitrogens is 1. The topological polar surface area (TPSA) is 70.9 Å². The Morgan fingerprint density at radius 2 is 1.89 bits per heavy atom. The number of nitrogens with zero attached hydrogens (tertiary/aromatic N) is 2. The van der Waals surface area contributed by atoms with E-state index in [-0.39, 0.29) is 0 Å². The van der Waals surface area contributed by atoms with Gasteiger partial charge in [0.25, 0.3) is 0 Å². The lowest BCUT2D eigenvalue weighted by Gasteiger charge is -2.10. The van der Waals surface area contributed by atoms with Crippen molar-refractivity contribution in [2.45, 2.75) is 33.2 Å². The van der Waals surface area contributed by atoms with E-state index in [2.05, 4.69) is 23.9 Å². The van der Waals surface area contributed by atoms with Gasteiger partial charge >= 0.3 is 5.97 Å². The van der Waals surface area contributed by atoms with Crippen molar-refractivity contribution in [1.29, 1.82) is 0 Å². The van der Waals surface area contributed by atoms with Crippen molar-refractivity contribution in [1.82, 2.24) is 14.8 Å². The van der Waals surface area contributed by atoms with Crippen LogP contribution in [0.2, 0.25) is 0 Å². The minimum absolute atomic E-state index is 0.305. The van der Waals surface area contributed by atoms with Gasteiger partial charge in [-0.15, -0.1) is 0 Å². The highest BCUT2D eigenvalue weighted by atomic mass is 32.1. The van der Waals surface area contributed by atoms with E-state index in [0.717, 1.165) is 35.5 Å². The molecule has 0 atom stereocenters. The fourth-order valence-corrected chi connectivity index (χ4v) is 3.21. The van der Waals surface area contributed by atoms with Crippen molar-refractivity contribution < 1.29 is 9.90 Å². The van der Waals surface area contributed by atoms with Gasteiger partial charge in [0.1, 0.15) is 5.82 Å². The molecule has 0 fully saturated rings. The number of hydrogen-bond acceptors (Lipinski definition) is 3. The summed E-state index contributed by atoms with van der Waals surface area (Å²) in [4.78, 5) is 15.9. The number of aryl methyl sites for hydroxylation is 1.